The van der Waals surface area contributed by atoms with Crippen molar-refractivity contribution in [3.63, 3.8) is 0 Å². The third kappa shape index (κ3) is 5.01. The Bertz CT molecular complexity index is 1180. The van der Waals surface area contributed by atoms with Crippen LogP contribution in [0, 0.1) is 13.8 Å². The van der Waals surface area contributed by atoms with Gasteiger partial charge in [0, 0.05) is 10.6 Å². The van der Waals surface area contributed by atoms with Gasteiger partial charge in [0.1, 0.15) is 0 Å². The van der Waals surface area contributed by atoms with E-state index in [9.17, 15) is 13.2 Å². The van der Waals surface area contributed by atoms with E-state index in [1.165, 1.54) is 24.3 Å². The Kier molecular flexibility index (Phi) is 6.48. The van der Waals surface area contributed by atoms with Gasteiger partial charge >= 0.3 is 0 Å². The Morgan fingerprint density at radius 2 is 1.60 bits per heavy atom. The quantitative estimate of drug-likeness (QED) is 0.547. The molecule has 0 unspecified atom stereocenters. The van der Waals surface area contributed by atoms with Crippen molar-refractivity contribution < 1.29 is 13.2 Å². The molecule has 0 spiro atoms. The average molecular weight is 443 g/mol. The van der Waals surface area contributed by atoms with Gasteiger partial charge in [-0.25, -0.2) is 8.42 Å². The highest BCUT2D eigenvalue weighted by Gasteiger charge is 2.18. The molecule has 0 aliphatic heterocycles. The highest BCUT2D eigenvalue weighted by molar-refractivity contribution is 7.92. The number of sulfonamides is 1. The predicted octanol–water partition coefficient (Wildman–Crippen LogP) is 5.25. The van der Waals surface area contributed by atoms with Crippen molar-refractivity contribution in [2.45, 2.75) is 31.7 Å². The van der Waals surface area contributed by atoms with Gasteiger partial charge in [-0.05, 0) is 73.9 Å². The molecule has 0 saturated carbocycles. The van der Waals surface area contributed by atoms with Gasteiger partial charge in [-0.2, -0.15) is 0 Å². The van der Waals surface area contributed by atoms with Gasteiger partial charge < -0.3 is 5.32 Å². The molecule has 156 valence electrons. The first-order chi connectivity index (χ1) is 14.2. The number of hydrogen-bond acceptors (Lipinski definition) is 3. The van der Waals surface area contributed by atoms with Crippen molar-refractivity contribution in [2.24, 2.45) is 0 Å². The van der Waals surface area contributed by atoms with E-state index in [4.69, 9.17) is 11.6 Å². The van der Waals surface area contributed by atoms with Crippen LogP contribution in [-0.4, -0.2) is 14.3 Å². The fraction of sp³-hybridized carbons (Fsp3) is 0.174. The lowest BCUT2D eigenvalue weighted by Gasteiger charge is -2.17. The molecule has 7 heteroatoms. The molecule has 0 bridgehead atoms. The smallest absolute Gasteiger partial charge is 0.261 e. The summed E-state index contributed by atoms with van der Waals surface area (Å²) in [6.07, 6.45) is 0. The number of hydrogen-bond donors (Lipinski definition) is 2. The van der Waals surface area contributed by atoms with Crippen LogP contribution < -0.4 is 10.0 Å². The molecule has 3 aromatic rings. The maximum absolute atomic E-state index is 12.8. The number of anilines is 1. The summed E-state index contributed by atoms with van der Waals surface area (Å²) in [7, 11) is -3.81. The van der Waals surface area contributed by atoms with E-state index in [1.807, 2.05) is 38.1 Å². The fourth-order valence-electron chi connectivity index (χ4n) is 3.12. The summed E-state index contributed by atoms with van der Waals surface area (Å²) < 4.78 is 27.9. The van der Waals surface area contributed by atoms with Gasteiger partial charge in [0.2, 0.25) is 0 Å². The fourth-order valence-corrected chi connectivity index (χ4v) is 4.37. The highest BCUT2D eigenvalue weighted by atomic mass is 35.5. The predicted molar refractivity (Wildman–Crippen MR) is 120 cm³/mol. The van der Waals surface area contributed by atoms with Crippen molar-refractivity contribution in [3.8, 4) is 0 Å². The van der Waals surface area contributed by atoms with Crippen LogP contribution in [0.5, 0.6) is 0 Å². The lowest BCUT2D eigenvalue weighted by atomic mass is 10.0. The molecule has 1 atom stereocenters. The minimum absolute atomic E-state index is 0.0920. The molecule has 0 radical (unpaired) electrons. The van der Waals surface area contributed by atoms with Crippen LogP contribution in [0.3, 0.4) is 0 Å². The zero-order valence-electron chi connectivity index (χ0n) is 16.9. The second-order valence-corrected chi connectivity index (χ2v) is 9.26. The van der Waals surface area contributed by atoms with Crippen molar-refractivity contribution in [1.82, 2.24) is 5.32 Å². The Hall–Kier alpha value is -2.83. The van der Waals surface area contributed by atoms with E-state index in [0.717, 1.165) is 11.1 Å². The third-order valence-corrected chi connectivity index (χ3v) is 6.50. The normalized spacial score (nSPS) is 12.3. The molecule has 0 heterocycles. The molecule has 30 heavy (non-hydrogen) atoms. The molecular formula is C23H23ClN2O3S. The number of aryl methyl sites for hydroxylation is 2. The first-order valence-corrected chi connectivity index (χ1v) is 11.3. The number of halogens is 1. The van der Waals surface area contributed by atoms with E-state index >= 15 is 0 Å². The monoisotopic (exact) mass is 442 g/mol. The summed E-state index contributed by atoms with van der Waals surface area (Å²) in [6.45, 7) is 5.68. The lowest BCUT2D eigenvalue weighted by molar-refractivity contribution is 0.0940. The van der Waals surface area contributed by atoms with E-state index < -0.39 is 10.0 Å². The Morgan fingerprint density at radius 3 is 2.27 bits per heavy atom. The van der Waals surface area contributed by atoms with Crippen LogP contribution in [0.2, 0.25) is 5.02 Å². The van der Waals surface area contributed by atoms with E-state index in [2.05, 4.69) is 10.0 Å². The summed E-state index contributed by atoms with van der Waals surface area (Å²) in [4.78, 5) is 12.9. The second-order valence-electron chi connectivity index (χ2n) is 7.14. The van der Waals surface area contributed by atoms with Gasteiger partial charge in [-0.3, -0.25) is 9.52 Å². The Labute approximate surface area is 182 Å². The number of benzene rings is 3. The topological polar surface area (TPSA) is 75.3 Å². The molecule has 3 aromatic carbocycles. The van der Waals surface area contributed by atoms with Gasteiger partial charge in [-0.1, -0.05) is 41.9 Å². The Morgan fingerprint density at radius 1 is 0.933 bits per heavy atom. The lowest BCUT2D eigenvalue weighted by Crippen LogP contribution is -2.27. The van der Waals surface area contributed by atoms with Crippen molar-refractivity contribution in [1.29, 1.82) is 0 Å². The maximum atomic E-state index is 12.8. The molecule has 0 saturated heterocycles. The van der Waals surface area contributed by atoms with Crippen LogP contribution in [0.4, 0.5) is 5.69 Å². The molecule has 0 aromatic heterocycles. The third-order valence-electron chi connectivity index (χ3n) is 4.87. The van der Waals surface area contributed by atoms with E-state index in [-0.39, 0.29) is 16.8 Å². The molecule has 0 fully saturated rings. The van der Waals surface area contributed by atoms with Crippen molar-refractivity contribution >= 4 is 33.2 Å². The highest BCUT2D eigenvalue weighted by Crippen LogP contribution is 2.23. The van der Waals surface area contributed by atoms with Crippen LogP contribution in [0.1, 0.15) is 40.0 Å². The van der Waals surface area contributed by atoms with Crippen LogP contribution >= 0.6 is 11.6 Å². The molecular weight excluding hydrogens is 420 g/mol. The zero-order valence-corrected chi connectivity index (χ0v) is 18.5. The first kappa shape index (κ1) is 21.9. The summed E-state index contributed by atoms with van der Waals surface area (Å²) in [5.74, 6) is -0.280. The number of carbonyl (C=O) groups excluding carboxylic acids is 1. The van der Waals surface area contributed by atoms with Gasteiger partial charge in [0.25, 0.3) is 15.9 Å². The molecule has 0 aliphatic carbocycles. The van der Waals surface area contributed by atoms with Gasteiger partial charge in [0.15, 0.2) is 0 Å². The molecule has 1 amide bonds. The van der Waals surface area contributed by atoms with E-state index in [0.29, 0.717) is 21.8 Å². The summed E-state index contributed by atoms with van der Waals surface area (Å²) >= 11 is 5.84. The minimum atomic E-state index is -3.81. The first-order valence-electron chi connectivity index (χ1n) is 9.43. The molecule has 0 aliphatic rings. The number of amides is 1. The number of nitrogens with one attached hydrogen (secondary N) is 2. The standard InChI is InChI=1S/C23H23ClN2O3S/c1-15-6-4-5-7-21(15)17(3)25-23(27)18-9-8-16(2)22(14-18)26-30(28,29)20-12-10-19(24)11-13-20/h4-14,17,26H,1-3H3,(H,25,27)/t17-/m0/s1. The zero-order chi connectivity index (χ0) is 21.9. The SMILES string of the molecule is Cc1ccc(C(=O)N[C@@H](C)c2ccccc2C)cc1NS(=O)(=O)c1ccc(Cl)cc1. The van der Waals surface area contributed by atoms with Crippen LogP contribution in [0.25, 0.3) is 0 Å². The van der Waals surface area contributed by atoms with Gasteiger partial charge in [0.05, 0.1) is 16.6 Å². The summed E-state index contributed by atoms with van der Waals surface area (Å²) in [6, 6.07) is 18.5. The maximum Gasteiger partial charge on any atom is 0.261 e. The number of rotatable bonds is 6. The second kappa shape index (κ2) is 8.90. The summed E-state index contributed by atoms with van der Waals surface area (Å²) in [5.41, 5.74) is 3.54. The van der Waals surface area contributed by atoms with Crippen LogP contribution in [-0.2, 0) is 10.0 Å². The van der Waals surface area contributed by atoms with Crippen molar-refractivity contribution in [2.75, 3.05) is 4.72 Å². The summed E-state index contributed by atoms with van der Waals surface area (Å²) in [5, 5.41) is 3.42. The molecule has 3 rings (SSSR count). The number of carbonyl (C=O) groups is 1. The largest absolute Gasteiger partial charge is 0.346 e. The van der Waals surface area contributed by atoms with Crippen LogP contribution in [0.15, 0.2) is 71.6 Å². The van der Waals surface area contributed by atoms with Gasteiger partial charge in [-0.15, -0.1) is 0 Å². The van der Waals surface area contributed by atoms with Crippen molar-refractivity contribution in [3.05, 3.63) is 94.0 Å². The Balaban J connectivity index is 1.81. The molecule has 2 N–H and O–H groups in total. The average Bonchev–Trinajstić information content (AvgIpc) is 2.70. The molecule has 5 nitrogen and oxygen atoms in total. The van der Waals surface area contributed by atoms with E-state index in [1.54, 1.807) is 25.1 Å². The minimum Gasteiger partial charge on any atom is -0.346 e.